The summed E-state index contributed by atoms with van der Waals surface area (Å²) in [6.07, 6.45) is 6.43. The van der Waals surface area contributed by atoms with Crippen molar-refractivity contribution in [1.29, 1.82) is 0 Å². The van der Waals surface area contributed by atoms with Gasteiger partial charge in [-0.05, 0) is 52.4 Å². The molecule has 1 aliphatic heterocycles. The maximum absolute atomic E-state index is 12.3. The lowest BCUT2D eigenvalue weighted by molar-refractivity contribution is -0.126. The molecule has 2 N–H and O–H groups in total. The highest BCUT2D eigenvalue weighted by molar-refractivity contribution is 5.87. The molecule has 134 valence electrons. The fraction of sp³-hybridized carbons (Fsp3) is 0.765. The second-order valence-electron chi connectivity index (χ2n) is 7.43. The fourth-order valence-electron chi connectivity index (χ4n) is 2.93. The van der Waals surface area contributed by atoms with Gasteiger partial charge in [0.15, 0.2) is 0 Å². The monoisotopic (exact) mass is 336 g/mol. The molecule has 0 bridgehead atoms. The molecule has 24 heavy (non-hydrogen) atoms. The van der Waals surface area contributed by atoms with Crippen LogP contribution in [-0.2, 0) is 9.53 Å². The standard InChI is InChI=1S/C17H28N4O3/c1-17(2,3)24-16(23)19-11-12-6-4-7-13(10-12)15(22)21-20-14-8-5-9-18-14/h11-13H,4-10H2,1-3H3,(H,18,20)(H,21,22)/t12?,13-/m0/s1. The smallest absolute Gasteiger partial charge is 0.433 e. The molecule has 0 aromatic rings. The number of hydrogen-bond acceptors (Lipinski definition) is 5. The molecule has 7 nitrogen and oxygen atoms in total. The Kier molecular flexibility index (Phi) is 6.34. The highest BCUT2D eigenvalue weighted by Gasteiger charge is 2.27. The summed E-state index contributed by atoms with van der Waals surface area (Å²) < 4.78 is 5.16. The highest BCUT2D eigenvalue weighted by Crippen LogP contribution is 2.28. The summed E-state index contributed by atoms with van der Waals surface area (Å²) in [4.78, 5) is 32.1. The fourth-order valence-corrected chi connectivity index (χ4v) is 2.93. The summed E-state index contributed by atoms with van der Waals surface area (Å²) >= 11 is 0. The normalized spacial score (nSPS) is 24.5. The number of amides is 2. The second-order valence-corrected chi connectivity index (χ2v) is 7.43. The molecule has 2 atom stereocenters. The topological polar surface area (TPSA) is 92.1 Å². The molecule has 1 aliphatic carbocycles. The Labute approximate surface area is 143 Å². The average Bonchev–Trinajstić information content (AvgIpc) is 3.02. The van der Waals surface area contributed by atoms with Gasteiger partial charge in [-0.2, -0.15) is 4.99 Å². The molecule has 1 heterocycles. The lowest BCUT2D eigenvalue weighted by Crippen LogP contribution is -2.45. The number of rotatable bonds is 2. The van der Waals surface area contributed by atoms with E-state index in [-0.39, 0.29) is 17.7 Å². The number of amidine groups is 1. The number of ether oxygens (including phenoxy) is 1. The average molecular weight is 336 g/mol. The molecule has 7 heteroatoms. The van der Waals surface area contributed by atoms with Gasteiger partial charge in [-0.15, -0.1) is 0 Å². The van der Waals surface area contributed by atoms with Crippen molar-refractivity contribution >= 4 is 24.1 Å². The van der Waals surface area contributed by atoms with Crippen molar-refractivity contribution in [3.63, 3.8) is 0 Å². The molecule has 0 spiro atoms. The Bertz CT molecular complexity index is 522. The largest absolute Gasteiger partial charge is 0.442 e. The molecular formula is C17H28N4O3. The van der Waals surface area contributed by atoms with E-state index in [9.17, 15) is 9.59 Å². The minimum atomic E-state index is -0.574. The SMILES string of the molecule is CC(C)(C)OC(=O)N=CC1CCC[C@H](C(=O)NNC2=NCCC2)C1. The van der Waals surface area contributed by atoms with Gasteiger partial charge in [-0.3, -0.25) is 20.6 Å². The van der Waals surface area contributed by atoms with Crippen LogP contribution >= 0.6 is 0 Å². The molecule has 1 unspecified atom stereocenters. The van der Waals surface area contributed by atoms with E-state index in [0.717, 1.165) is 44.5 Å². The van der Waals surface area contributed by atoms with E-state index in [1.807, 2.05) is 20.8 Å². The third kappa shape index (κ3) is 6.29. The maximum atomic E-state index is 12.3. The zero-order valence-corrected chi connectivity index (χ0v) is 14.8. The number of carbonyl (C=O) groups excluding carboxylic acids is 2. The van der Waals surface area contributed by atoms with Crippen LogP contribution in [0.1, 0.15) is 59.3 Å². The first-order chi connectivity index (χ1) is 11.3. The zero-order valence-electron chi connectivity index (χ0n) is 14.8. The number of nitrogens with one attached hydrogen (secondary N) is 2. The number of hydrazine groups is 1. The highest BCUT2D eigenvalue weighted by atomic mass is 16.6. The van der Waals surface area contributed by atoms with E-state index in [2.05, 4.69) is 20.8 Å². The van der Waals surface area contributed by atoms with Crippen molar-refractivity contribution < 1.29 is 14.3 Å². The third-order valence-corrected chi connectivity index (χ3v) is 4.07. The molecule has 1 fully saturated rings. The zero-order chi connectivity index (χ0) is 17.6. The molecule has 2 aliphatic rings. The van der Waals surface area contributed by atoms with Gasteiger partial charge in [0, 0.05) is 25.1 Å². The Morgan fingerprint density at radius 1 is 1.29 bits per heavy atom. The predicted molar refractivity (Wildman–Crippen MR) is 93.0 cm³/mol. The number of nitrogens with zero attached hydrogens (tertiary/aromatic N) is 2. The van der Waals surface area contributed by atoms with Crippen molar-refractivity contribution in [2.24, 2.45) is 21.8 Å². The lowest BCUT2D eigenvalue weighted by atomic mass is 9.81. The summed E-state index contributed by atoms with van der Waals surface area (Å²) in [5.41, 5.74) is 5.12. The molecule has 2 amide bonds. The maximum Gasteiger partial charge on any atom is 0.433 e. The summed E-state index contributed by atoms with van der Waals surface area (Å²) in [7, 11) is 0. The van der Waals surface area contributed by atoms with E-state index in [1.165, 1.54) is 0 Å². The van der Waals surface area contributed by atoms with Gasteiger partial charge in [0.05, 0.1) is 0 Å². The first kappa shape index (κ1) is 18.4. The molecule has 0 radical (unpaired) electrons. The van der Waals surface area contributed by atoms with Gasteiger partial charge >= 0.3 is 6.09 Å². The van der Waals surface area contributed by atoms with Crippen molar-refractivity contribution in [2.45, 2.75) is 64.9 Å². The van der Waals surface area contributed by atoms with Crippen LogP contribution in [0.3, 0.4) is 0 Å². The van der Waals surface area contributed by atoms with Gasteiger partial charge in [0.25, 0.3) is 0 Å². The van der Waals surface area contributed by atoms with Crippen LogP contribution in [0.15, 0.2) is 9.98 Å². The molecule has 0 saturated heterocycles. The van der Waals surface area contributed by atoms with Crippen LogP contribution < -0.4 is 10.9 Å². The van der Waals surface area contributed by atoms with Gasteiger partial charge in [0.1, 0.15) is 11.4 Å². The second kappa shape index (κ2) is 8.26. The van der Waals surface area contributed by atoms with Crippen LogP contribution in [0.2, 0.25) is 0 Å². The van der Waals surface area contributed by atoms with E-state index >= 15 is 0 Å². The van der Waals surface area contributed by atoms with Crippen molar-refractivity contribution in [2.75, 3.05) is 6.54 Å². The van der Waals surface area contributed by atoms with Crippen molar-refractivity contribution in [3.8, 4) is 0 Å². The Morgan fingerprint density at radius 2 is 2.08 bits per heavy atom. The summed E-state index contributed by atoms with van der Waals surface area (Å²) in [5.74, 6) is 0.899. The number of carbonyl (C=O) groups is 2. The van der Waals surface area contributed by atoms with E-state index in [4.69, 9.17) is 4.74 Å². The molecule has 0 aromatic carbocycles. The van der Waals surface area contributed by atoms with Gasteiger partial charge in [0.2, 0.25) is 5.91 Å². The number of hydrogen-bond donors (Lipinski definition) is 2. The molecular weight excluding hydrogens is 308 g/mol. The summed E-state index contributed by atoms with van der Waals surface area (Å²) in [5, 5.41) is 0. The lowest BCUT2D eigenvalue weighted by Gasteiger charge is -2.26. The minimum Gasteiger partial charge on any atom is -0.442 e. The van der Waals surface area contributed by atoms with Crippen LogP contribution in [0, 0.1) is 11.8 Å². The Morgan fingerprint density at radius 3 is 2.75 bits per heavy atom. The van der Waals surface area contributed by atoms with Gasteiger partial charge in [-0.25, -0.2) is 4.79 Å². The van der Waals surface area contributed by atoms with Crippen molar-refractivity contribution in [3.05, 3.63) is 0 Å². The van der Waals surface area contributed by atoms with Crippen LogP contribution in [0.5, 0.6) is 0 Å². The van der Waals surface area contributed by atoms with E-state index in [1.54, 1.807) is 6.21 Å². The Hall–Kier alpha value is -1.92. The minimum absolute atomic E-state index is 0.0139. The molecule has 0 aromatic heterocycles. The Balaban J connectivity index is 1.78. The first-order valence-electron chi connectivity index (χ1n) is 8.70. The van der Waals surface area contributed by atoms with Crippen LogP contribution in [0.25, 0.3) is 0 Å². The molecule has 2 rings (SSSR count). The quantitative estimate of drug-likeness (QED) is 0.599. The summed E-state index contributed by atoms with van der Waals surface area (Å²) in [6.45, 7) is 6.25. The molecule has 1 saturated carbocycles. The summed E-state index contributed by atoms with van der Waals surface area (Å²) in [6, 6.07) is 0. The van der Waals surface area contributed by atoms with E-state index in [0.29, 0.717) is 6.42 Å². The predicted octanol–water partition coefficient (Wildman–Crippen LogP) is 2.61. The van der Waals surface area contributed by atoms with Gasteiger partial charge < -0.3 is 4.74 Å². The van der Waals surface area contributed by atoms with Gasteiger partial charge in [-0.1, -0.05) is 6.42 Å². The van der Waals surface area contributed by atoms with Crippen LogP contribution in [0.4, 0.5) is 4.79 Å². The number of aliphatic imine (C=N–C) groups is 2. The first-order valence-corrected chi connectivity index (χ1v) is 8.70. The van der Waals surface area contributed by atoms with Crippen molar-refractivity contribution in [1.82, 2.24) is 10.9 Å². The van der Waals surface area contributed by atoms with Crippen LogP contribution in [-0.4, -0.2) is 36.2 Å². The van der Waals surface area contributed by atoms with E-state index < -0.39 is 11.7 Å². The third-order valence-electron chi connectivity index (χ3n) is 4.07.